The standard InChI is InChI=1S/C18H23N3O3S2.ClH/c1-4-21-9-8-15-16(11-21)25-18(19-15)20-17(22)13-6-5-7-14(10-13)26(23,24)12(2)3;/h5-7,10,12H,4,8-9,11H2,1-3H3,(H,19,20,22);1H. The molecule has 6 nitrogen and oxygen atoms in total. The van der Waals surface area contributed by atoms with Crippen LogP contribution >= 0.6 is 23.7 Å². The van der Waals surface area contributed by atoms with E-state index in [2.05, 4.69) is 22.1 Å². The highest BCUT2D eigenvalue weighted by atomic mass is 35.5. The van der Waals surface area contributed by atoms with Crippen LogP contribution in [0.4, 0.5) is 5.13 Å². The quantitative estimate of drug-likeness (QED) is 0.788. The van der Waals surface area contributed by atoms with E-state index in [0.29, 0.717) is 10.7 Å². The van der Waals surface area contributed by atoms with Gasteiger partial charge in [0.15, 0.2) is 15.0 Å². The maximum absolute atomic E-state index is 12.5. The normalized spacial score (nSPS) is 14.5. The molecular weight excluding hydrogens is 406 g/mol. The zero-order valence-electron chi connectivity index (χ0n) is 15.6. The number of benzene rings is 1. The summed E-state index contributed by atoms with van der Waals surface area (Å²) in [6.07, 6.45) is 0.887. The summed E-state index contributed by atoms with van der Waals surface area (Å²) in [7, 11) is -3.42. The number of hydrogen-bond acceptors (Lipinski definition) is 6. The summed E-state index contributed by atoms with van der Waals surface area (Å²) >= 11 is 1.49. The number of nitrogens with one attached hydrogen (secondary N) is 1. The van der Waals surface area contributed by atoms with Gasteiger partial charge in [0.2, 0.25) is 0 Å². The molecule has 0 radical (unpaired) electrons. The third kappa shape index (κ3) is 4.68. The van der Waals surface area contributed by atoms with Gasteiger partial charge in [-0.05, 0) is 38.6 Å². The number of carbonyl (C=O) groups is 1. The van der Waals surface area contributed by atoms with Crippen LogP contribution in [-0.4, -0.2) is 42.5 Å². The first-order chi connectivity index (χ1) is 12.3. The first-order valence-corrected chi connectivity index (χ1v) is 11.0. The number of fused-ring (bicyclic) bond motifs is 1. The maximum Gasteiger partial charge on any atom is 0.257 e. The minimum absolute atomic E-state index is 0. The number of nitrogens with zero attached hydrogens (tertiary/aromatic N) is 2. The lowest BCUT2D eigenvalue weighted by Gasteiger charge is -2.23. The smallest absolute Gasteiger partial charge is 0.257 e. The predicted octanol–water partition coefficient (Wildman–Crippen LogP) is 3.38. The van der Waals surface area contributed by atoms with E-state index >= 15 is 0 Å². The molecule has 0 spiro atoms. The van der Waals surface area contributed by atoms with E-state index in [4.69, 9.17) is 0 Å². The fourth-order valence-electron chi connectivity index (χ4n) is 2.83. The van der Waals surface area contributed by atoms with Crippen molar-refractivity contribution in [2.24, 2.45) is 0 Å². The number of sulfone groups is 1. The Morgan fingerprint density at radius 2 is 2.11 bits per heavy atom. The van der Waals surface area contributed by atoms with Crippen LogP contribution in [0.1, 0.15) is 41.7 Å². The van der Waals surface area contributed by atoms with Gasteiger partial charge >= 0.3 is 0 Å². The van der Waals surface area contributed by atoms with Gasteiger partial charge in [0.1, 0.15) is 0 Å². The number of halogens is 1. The van der Waals surface area contributed by atoms with Crippen molar-refractivity contribution in [2.45, 2.75) is 43.9 Å². The Balaban J connectivity index is 0.00000261. The van der Waals surface area contributed by atoms with Crippen molar-refractivity contribution in [1.82, 2.24) is 9.88 Å². The maximum atomic E-state index is 12.5. The molecule has 0 atom stereocenters. The Hall–Kier alpha value is -1.48. The molecule has 148 valence electrons. The van der Waals surface area contributed by atoms with Gasteiger partial charge in [-0.2, -0.15) is 0 Å². The average Bonchev–Trinajstić information content (AvgIpc) is 3.02. The fourth-order valence-corrected chi connectivity index (χ4v) is 4.98. The highest BCUT2D eigenvalue weighted by molar-refractivity contribution is 7.92. The molecule has 0 saturated carbocycles. The number of carbonyl (C=O) groups excluding carboxylic acids is 1. The lowest BCUT2D eigenvalue weighted by molar-refractivity contribution is 0.102. The Morgan fingerprint density at radius 3 is 2.78 bits per heavy atom. The summed E-state index contributed by atoms with van der Waals surface area (Å²) in [6, 6.07) is 6.15. The predicted molar refractivity (Wildman–Crippen MR) is 111 cm³/mol. The van der Waals surface area contributed by atoms with E-state index in [9.17, 15) is 13.2 Å². The van der Waals surface area contributed by atoms with Gasteiger partial charge in [-0.15, -0.1) is 23.7 Å². The summed E-state index contributed by atoms with van der Waals surface area (Å²) in [5.74, 6) is -0.343. The van der Waals surface area contributed by atoms with Gasteiger partial charge < -0.3 is 0 Å². The summed E-state index contributed by atoms with van der Waals surface area (Å²) < 4.78 is 24.6. The minimum atomic E-state index is -3.42. The second-order valence-electron chi connectivity index (χ2n) is 6.58. The number of amides is 1. The molecule has 0 saturated heterocycles. The van der Waals surface area contributed by atoms with Crippen molar-refractivity contribution in [3.8, 4) is 0 Å². The molecule has 0 unspecified atom stereocenters. The molecule has 1 aliphatic rings. The van der Waals surface area contributed by atoms with Crippen molar-refractivity contribution in [3.63, 3.8) is 0 Å². The second-order valence-corrected chi connectivity index (χ2v) is 10.2. The third-order valence-corrected chi connectivity index (χ3v) is 7.67. The van der Waals surface area contributed by atoms with Crippen LogP contribution in [0.15, 0.2) is 29.2 Å². The van der Waals surface area contributed by atoms with Crippen LogP contribution < -0.4 is 5.32 Å². The summed E-state index contributed by atoms with van der Waals surface area (Å²) in [5, 5.41) is 2.84. The number of hydrogen-bond donors (Lipinski definition) is 1. The molecule has 9 heteroatoms. The van der Waals surface area contributed by atoms with Crippen LogP contribution in [0.3, 0.4) is 0 Å². The topological polar surface area (TPSA) is 79.4 Å². The molecule has 1 aliphatic heterocycles. The van der Waals surface area contributed by atoms with E-state index in [-0.39, 0.29) is 23.2 Å². The van der Waals surface area contributed by atoms with Crippen molar-refractivity contribution in [2.75, 3.05) is 18.4 Å². The van der Waals surface area contributed by atoms with Crippen molar-refractivity contribution in [1.29, 1.82) is 0 Å². The Morgan fingerprint density at radius 1 is 1.37 bits per heavy atom. The van der Waals surface area contributed by atoms with E-state index in [1.165, 1.54) is 28.3 Å². The zero-order valence-corrected chi connectivity index (χ0v) is 18.0. The van der Waals surface area contributed by atoms with Gasteiger partial charge in [0, 0.05) is 30.0 Å². The molecule has 0 bridgehead atoms. The third-order valence-electron chi connectivity index (χ3n) is 4.52. The summed E-state index contributed by atoms with van der Waals surface area (Å²) in [4.78, 5) is 20.8. The Bertz CT molecular complexity index is 926. The van der Waals surface area contributed by atoms with Crippen LogP contribution in [0.2, 0.25) is 0 Å². The Labute approximate surface area is 170 Å². The molecule has 2 aromatic rings. The average molecular weight is 430 g/mol. The highest BCUT2D eigenvalue weighted by Gasteiger charge is 2.22. The molecule has 1 aromatic carbocycles. The molecule has 2 heterocycles. The van der Waals surface area contributed by atoms with Gasteiger partial charge in [-0.3, -0.25) is 15.0 Å². The van der Waals surface area contributed by atoms with E-state index in [1.807, 2.05) is 0 Å². The van der Waals surface area contributed by atoms with E-state index in [0.717, 1.165) is 31.7 Å². The molecular formula is C18H24ClN3O3S2. The monoisotopic (exact) mass is 429 g/mol. The van der Waals surface area contributed by atoms with E-state index < -0.39 is 15.1 Å². The molecule has 0 aliphatic carbocycles. The Kier molecular flexibility index (Phi) is 7.02. The largest absolute Gasteiger partial charge is 0.298 e. The number of aromatic nitrogens is 1. The SMILES string of the molecule is CCN1CCc2nc(NC(=O)c3cccc(S(=O)(=O)C(C)C)c3)sc2C1.Cl. The zero-order chi connectivity index (χ0) is 18.9. The second kappa shape index (κ2) is 8.68. The van der Waals surface area contributed by atoms with Gasteiger partial charge in [-0.25, -0.2) is 13.4 Å². The lowest BCUT2D eigenvalue weighted by Crippen LogP contribution is -2.29. The number of likely N-dealkylation sites (N-methyl/N-ethyl adjacent to an activating group) is 1. The van der Waals surface area contributed by atoms with Crippen LogP contribution in [-0.2, 0) is 22.8 Å². The van der Waals surface area contributed by atoms with Crippen LogP contribution in [0.5, 0.6) is 0 Å². The lowest BCUT2D eigenvalue weighted by atomic mass is 10.2. The molecule has 0 fully saturated rings. The summed E-state index contributed by atoms with van der Waals surface area (Å²) in [5.41, 5.74) is 1.36. The number of thiazole rings is 1. The molecule has 1 N–H and O–H groups in total. The molecule has 1 amide bonds. The number of anilines is 1. The first kappa shape index (κ1) is 21.8. The van der Waals surface area contributed by atoms with Gasteiger partial charge in [0.05, 0.1) is 15.8 Å². The number of rotatable bonds is 5. The van der Waals surface area contributed by atoms with Gasteiger partial charge in [-0.1, -0.05) is 13.0 Å². The van der Waals surface area contributed by atoms with E-state index in [1.54, 1.807) is 26.0 Å². The minimum Gasteiger partial charge on any atom is -0.298 e. The summed E-state index contributed by atoms with van der Waals surface area (Å²) in [6.45, 7) is 8.23. The first-order valence-electron chi connectivity index (χ1n) is 8.67. The van der Waals surface area contributed by atoms with Crippen molar-refractivity contribution < 1.29 is 13.2 Å². The molecule has 27 heavy (non-hydrogen) atoms. The van der Waals surface area contributed by atoms with Crippen molar-refractivity contribution in [3.05, 3.63) is 40.4 Å². The van der Waals surface area contributed by atoms with Crippen LogP contribution in [0.25, 0.3) is 0 Å². The molecule has 1 aromatic heterocycles. The van der Waals surface area contributed by atoms with Crippen molar-refractivity contribution >= 4 is 44.6 Å². The molecule has 3 rings (SSSR count). The van der Waals surface area contributed by atoms with Gasteiger partial charge in [0.25, 0.3) is 5.91 Å². The highest BCUT2D eigenvalue weighted by Crippen LogP contribution is 2.28. The van der Waals surface area contributed by atoms with Crippen LogP contribution in [0, 0.1) is 0 Å². The fraction of sp³-hybridized carbons (Fsp3) is 0.444.